The lowest BCUT2D eigenvalue weighted by atomic mass is 10.0. The number of thiazole rings is 1. The second kappa shape index (κ2) is 4.10. The smallest absolute Gasteiger partial charge is 0.348 e. The van der Waals surface area contributed by atoms with Crippen molar-refractivity contribution in [3.05, 3.63) is 11.1 Å². The van der Waals surface area contributed by atoms with Gasteiger partial charge in [-0.2, -0.15) is 10.2 Å². The van der Waals surface area contributed by atoms with Crippen LogP contribution >= 0.6 is 11.3 Å². The topological polar surface area (TPSA) is 83.2 Å². The molecule has 1 fully saturated rings. The predicted molar refractivity (Wildman–Crippen MR) is 56.3 cm³/mol. The molecule has 2 rings (SSSR count). The molecule has 1 aromatic rings. The van der Waals surface area contributed by atoms with Gasteiger partial charge < -0.3 is 9.84 Å². The summed E-state index contributed by atoms with van der Waals surface area (Å²) in [6.07, 6.45) is 2.71. The fraction of sp³-hybridized carbons (Fsp3) is 0.500. The third kappa shape index (κ3) is 1.86. The van der Waals surface area contributed by atoms with Crippen LogP contribution in [0.3, 0.4) is 0 Å². The molecule has 5 nitrogen and oxygen atoms in total. The largest absolute Gasteiger partial charge is 0.478 e. The number of hydrogen-bond donors (Lipinski definition) is 1. The van der Waals surface area contributed by atoms with E-state index in [-0.39, 0.29) is 10.9 Å². The van der Waals surface area contributed by atoms with Crippen molar-refractivity contribution in [3.63, 3.8) is 0 Å². The van der Waals surface area contributed by atoms with Gasteiger partial charge in [0.05, 0.1) is 0 Å². The third-order valence-corrected chi connectivity index (χ3v) is 3.40. The number of nitrogens with zero attached hydrogens (tertiary/aromatic N) is 2. The summed E-state index contributed by atoms with van der Waals surface area (Å²) in [5.41, 5.74) is -0.872. The minimum absolute atomic E-state index is 0.263. The quantitative estimate of drug-likeness (QED) is 0.867. The average molecular weight is 238 g/mol. The van der Waals surface area contributed by atoms with Crippen LogP contribution in [0.15, 0.2) is 5.38 Å². The third-order valence-electron chi connectivity index (χ3n) is 2.68. The van der Waals surface area contributed by atoms with Crippen LogP contribution < -0.4 is 4.74 Å². The molecular formula is C10H10N2O3S. The van der Waals surface area contributed by atoms with Crippen LogP contribution in [0.5, 0.6) is 5.19 Å². The highest BCUT2D eigenvalue weighted by Crippen LogP contribution is 2.35. The van der Waals surface area contributed by atoms with Crippen LogP contribution in [0, 0.1) is 11.3 Å². The Labute approximate surface area is 96.3 Å². The number of aromatic nitrogens is 1. The molecule has 1 aromatic heterocycles. The Balaban J connectivity index is 2.18. The van der Waals surface area contributed by atoms with Gasteiger partial charge in [0.2, 0.25) is 5.60 Å². The lowest BCUT2D eigenvalue weighted by Crippen LogP contribution is -2.41. The van der Waals surface area contributed by atoms with Gasteiger partial charge in [-0.1, -0.05) is 11.3 Å². The molecule has 0 saturated heterocycles. The van der Waals surface area contributed by atoms with Crippen LogP contribution in [0.1, 0.15) is 31.4 Å². The van der Waals surface area contributed by atoms with E-state index < -0.39 is 11.6 Å². The van der Waals surface area contributed by atoms with E-state index in [0.717, 1.165) is 24.2 Å². The van der Waals surface area contributed by atoms with Gasteiger partial charge in [-0.3, -0.25) is 0 Å². The van der Waals surface area contributed by atoms with E-state index in [0.29, 0.717) is 12.8 Å². The minimum Gasteiger partial charge on any atom is -0.478 e. The number of ether oxygens (including phenoxy) is 1. The van der Waals surface area contributed by atoms with E-state index in [4.69, 9.17) is 10.00 Å². The van der Waals surface area contributed by atoms with Crippen molar-refractivity contribution in [3.8, 4) is 11.3 Å². The molecule has 0 unspecified atom stereocenters. The molecule has 16 heavy (non-hydrogen) atoms. The van der Waals surface area contributed by atoms with Gasteiger partial charge in [0, 0.05) is 5.38 Å². The molecule has 1 N–H and O–H groups in total. The SMILES string of the molecule is N#Cc1csc(OC2(C(=O)O)CCCC2)n1. The van der Waals surface area contributed by atoms with Crippen molar-refractivity contribution in [1.82, 2.24) is 4.98 Å². The Bertz CT molecular complexity index is 443. The molecule has 1 heterocycles. The van der Waals surface area contributed by atoms with Crippen LogP contribution in [-0.2, 0) is 4.79 Å². The van der Waals surface area contributed by atoms with E-state index in [1.165, 1.54) is 0 Å². The molecular weight excluding hydrogens is 228 g/mol. The molecule has 6 heteroatoms. The monoisotopic (exact) mass is 238 g/mol. The van der Waals surface area contributed by atoms with Gasteiger partial charge in [-0.15, -0.1) is 0 Å². The Hall–Kier alpha value is -1.61. The molecule has 0 spiro atoms. The summed E-state index contributed by atoms with van der Waals surface area (Å²) < 4.78 is 5.46. The van der Waals surface area contributed by atoms with Gasteiger partial charge in [0.25, 0.3) is 5.19 Å². The summed E-state index contributed by atoms with van der Waals surface area (Å²) in [4.78, 5) is 15.1. The molecule has 1 saturated carbocycles. The summed E-state index contributed by atoms with van der Waals surface area (Å²) in [6, 6.07) is 1.89. The normalized spacial score (nSPS) is 17.9. The van der Waals surface area contributed by atoms with Gasteiger partial charge in [-0.05, 0) is 25.7 Å². The highest BCUT2D eigenvalue weighted by Gasteiger charge is 2.44. The van der Waals surface area contributed by atoms with Gasteiger partial charge in [-0.25, -0.2) is 4.79 Å². The lowest BCUT2D eigenvalue weighted by molar-refractivity contribution is -0.154. The first-order valence-corrected chi connectivity index (χ1v) is 5.82. The number of hydrogen-bond acceptors (Lipinski definition) is 5. The lowest BCUT2D eigenvalue weighted by Gasteiger charge is -2.23. The first-order valence-electron chi connectivity index (χ1n) is 4.94. The highest BCUT2D eigenvalue weighted by atomic mass is 32.1. The fourth-order valence-corrected chi connectivity index (χ4v) is 2.50. The van der Waals surface area contributed by atoms with E-state index in [1.54, 1.807) is 5.38 Å². The number of nitriles is 1. The van der Waals surface area contributed by atoms with Crippen LogP contribution in [0.4, 0.5) is 0 Å². The maximum Gasteiger partial charge on any atom is 0.348 e. The molecule has 0 atom stereocenters. The Morgan fingerprint density at radius 3 is 2.81 bits per heavy atom. The first kappa shape index (κ1) is 10.9. The van der Waals surface area contributed by atoms with Crippen molar-refractivity contribution < 1.29 is 14.6 Å². The maximum absolute atomic E-state index is 11.2. The zero-order valence-electron chi connectivity index (χ0n) is 8.47. The van der Waals surface area contributed by atoms with Crippen molar-refractivity contribution >= 4 is 17.3 Å². The number of rotatable bonds is 3. The Morgan fingerprint density at radius 1 is 1.62 bits per heavy atom. The second-order valence-corrected chi connectivity index (χ2v) is 4.54. The molecule has 0 amide bonds. The molecule has 0 radical (unpaired) electrons. The van der Waals surface area contributed by atoms with Crippen LogP contribution in [0.25, 0.3) is 0 Å². The van der Waals surface area contributed by atoms with E-state index in [1.807, 2.05) is 6.07 Å². The molecule has 84 valence electrons. The van der Waals surface area contributed by atoms with Crippen molar-refractivity contribution in [2.45, 2.75) is 31.3 Å². The summed E-state index contributed by atoms with van der Waals surface area (Å²) in [5.74, 6) is -0.946. The first-order chi connectivity index (χ1) is 7.66. The maximum atomic E-state index is 11.2. The van der Waals surface area contributed by atoms with E-state index in [9.17, 15) is 9.90 Å². The predicted octanol–water partition coefficient (Wildman–Crippen LogP) is 1.79. The average Bonchev–Trinajstić information content (AvgIpc) is 2.88. The zero-order chi connectivity index (χ0) is 11.6. The van der Waals surface area contributed by atoms with Gasteiger partial charge >= 0.3 is 5.97 Å². The van der Waals surface area contributed by atoms with E-state index >= 15 is 0 Å². The summed E-state index contributed by atoms with van der Waals surface area (Å²) >= 11 is 1.16. The van der Waals surface area contributed by atoms with Gasteiger partial charge in [0.15, 0.2) is 5.69 Å². The number of aliphatic carboxylic acids is 1. The summed E-state index contributed by atoms with van der Waals surface area (Å²) in [6.45, 7) is 0. The number of carbonyl (C=O) groups is 1. The van der Waals surface area contributed by atoms with Crippen molar-refractivity contribution in [2.24, 2.45) is 0 Å². The van der Waals surface area contributed by atoms with Crippen LogP contribution in [0.2, 0.25) is 0 Å². The standard InChI is InChI=1S/C10H10N2O3S/c11-5-7-6-16-9(12-7)15-10(8(13)14)3-1-2-4-10/h6H,1-4H2,(H,13,14). The molecule has 1 aliphatic carbocycles. The summed E-state index contributed by atoms with van der Waals surface area (Å²) in [5, 5.41) is 19.6. The number of carboxylic acids is 1. The van der Waals surface area contributed by atoms with Crippen molar-refractivity contribution in [2.75, 3.05) is 0 Å². The molecule has 1 aliphatic rings. The minimum atomic E-state index is -1.13. The number of carboxylic acid groups (broad SMARTS) is 1. The molecule has 0 bridgehead atoms. The molecule has 0 aromatic carbocycles. The fourth-order valence-electron chi connectivity index (χ4n) is 1.83. The molecule has 0 aliphatic heterocycles. The second-order valence-electron chi connectivity index (χ2n) is 3.72. The van der Waals surface area contributed by atoms with E-state index in [2.05, 4.69) is 4.98 Å². The Kier molecular flexibility index (Phi) is 2.79. The van der Waals surface area contributed by atoms with Gasteiger partial charge in [0.1, 0.15) is 6.07 Å². The van der Waals surface area contributed by atoms with Crippen LogP contribution in [-0.4, -0.2) is 21.7 Å². The zero-order valence-corrected chi connectivity index (χ0v) is 9.29. The van der Waals surface area contributed by atoms with Crippen molar-refractivity contribution in [1.29, 1.82) is 5.26 Å². The summed E-state index contributed by atoms with van der Waals surface area (Å²) in [7, 11) is 0. The highest BCUT2D eigenvalue weighted by molar-refractivity contribution is 7.11. The Morgan fingerprint density at radius 2 is 2.31 bits per heavy atom.